The highest BCUT2D eigenvalue weighted by Crippen LogP contribution is 2.33. The van der Waals surface area contributed by atoms with Gasteiger partial charge in [-0.15, -0.1) is 0 Å². The number of methoxy groups -OCH3 is 1. The molecule has 7 heteroatoms. The normalized spacial score (nSPS) is 16.6. The summed E-state index contributed by atoms with van der Waals surface area (Å²) in [5.41, 5.74) is 2.23. The highest BCUT2D eigenvalue weighted by atomic mass is 35.5. The summed E-state index contributed by atoms with van der Waals surface area (Å²) in [6.45, 7) is 3.72. The second kappa shape index (κ2) is 7.56. The molecule has 0 radical (unpaired) electrons. The molecule has 1 saturated heterocycles. The van der Waals surface area contributed by atoms with Gasteiger partial charge in [-0.2, -0.15) is 0 Å². The molecular weight excluding hydrogens is 371 g/mol. The van der Waals surface area contributed by atoms with Crippen LogP contribution in [0.15, 0.2) is 30.3 Å². The van der Waals surface area contributed by atoms with E-state index in [-0.39, 0.29) is 30.5 Å². The molecule has 1 N–H and O–H groups in total. The summed E-state index contributed by atoms with van der Waals surface area (Å²) in [7, 11) is 1.48. The van der Waals surface area contributed by atoms with Crippen molar-refractivity contribution in [1.82, 2.24) is 0 Å². The van der Waals surface area contributed by atoms with Crippen LogP contribution in [-0.4, -0.2) is 25.5 Å². The van der Waals surface area contributed by atoms with Crippen LogP contribution < -0.4 is 15.0 Å². The lowest BCUT2D eigenvalue weighted by Gasteiger charge is -2.18. The lowest BCUT2D eigenvalue weighted by molar-refractivity contribution is -0.122. The van der Waals surface area contributed by atoms with Crippen LogP contribution in [0.5, 0.6) is 5.75 Å². The molecule has 1 fully saturated rings. The SMILES string of the molecule is COc1cc(Cl)c(C)cc1NC(=O)C1CC(=O)N(c2ccc(C)cc2F)C1. The Hall–Kier alpha value is -2.60. The monoisotopic (exact) mass is 390 g/mol. The summed E-state index contributed by atoms with van der Waals surface area (Å²) in [4.78, 5) is 26.3. The number of carbonyl (C=O) groups excluding carboxylic acids is 2. The summed E-state index contributed by atoms with van der Waals surface area (Å²) >= 11 is 6.08. The third-order valence-electron chi connectivity index (χ3n) is 4.63. The van der Waals surface area contributed by atoms with Gasteiger partial charge in [0.1, 0.15) is 11.6 Å². The van der Waals surface area contributed by atoms with Crippen LogP contribution in [0.25, 0.3) is 0 Å². The molecule has 5 nitrogen and oxygen atoms in total. The fraction of sp³-hybridized carbons (Fsp3) is 0.300. The van der Waals surface area contributed by atoms with Crippen molar-refractivity contribution in [2.75, 3.05) is 23.9 Å². The van der Waals surface area contributed by atoms with Gasteiger partial charge in [-0.3, -0.25) is 9.59 Å². The minimum absolute atomic E-state index is 0.0219. The quantitative estimate of drug-likeness (QED) is 0.855. The van der Waals surface area contributed by atoms with Gasteiger partial charge in [0.2, 0.25) is 11.8 Å². The van der Waals surface area contributed by atoms with Gasteiger partial charge in [0.15, 0.2) is 0 Å². The average molecular weight is 391 g/mol. The number of nitrogens with one attached hydrogen (secondary N) is 1. The Morgan fingerprint density at radius 1 is 1.30 bits per heavy atom. The third-order valence-corrected chi connectivity index (χ3v) is 5.04. The van der Waals surface area contributed by atoms with E-state index in [2.05, 4.69) is 5.32 Å². The summed E-state index contributed by atoms with van der Waals surface area (Å²) in [6.07, 6.45) is 0.0219. The predicted molar refractivity (Wildman–Crippen MR) is 103 cm³/mol. The maximum absolute atomic E-state index is 14.2. The molecule has 142 valence electrons. The zero-order valence-corrected chi connectivity index (χ0v) is 16.1. The highest BCUT2D eigenvalue weighted by molar-refractivity contribution is 6.31. The Morgan fingerprint density at radius 3 is 2.70 bits per heavy atom. The Kier molecular flexibility index (Phi) is 5.37. The molecule has 2 aromatic rings. The van der Waals surface area contributed by atoms with Crippen molar-refractivity contribution < 1.29 is 18.7 Å². The van der Waals surface area contributed by atoms with Crippen LogP contribution in [0, 0.1) is 25.6 Å². The molecule has 1 unspecified atom stereocenters. The minimum atomic E-state index is -0.584. The highest BCUT2D eigenvalue weighted by Gasteiger charge is 2.36. The number of amides is 2. The molecule has 0 bridgehead atoms. The Balaban J connectivity index is 1.77. The number of hydrogen-bond acceptors (Lipinski definition) is 3. The number of halogens is 2. The van der Waals surface area contributed by atoms with Gasteiger partial charge < -0.3 is 15.0 Å². The van der Waals surface area contributed by atoms with E-state index in [9.17, 15) is 14.0 Å². The van der Waals surface area contributed by atoms with Gasteiger partial charge in [0.05, 0.1) is 24.4 Å². The summed E-state index contributed by atoms with van der Waals surface area (Å²) < 4.78 is 19.5. The van der Waals surface area contributed by atoms with Gasteiger partial charge in [-0.25, -0.2) is 4.39 Å². The van der Waals surface area contributed by atoms with Gasteiger partial charge in [0, 0.05) is 24.1 Å². The molecule has 1 heterocycles. The maximum atomic E-state index is 14.2. The van der Waals surface area contributed by atoms with Gasteiger partial charge in [-0.1, -0.05) is 17.7 Å². The Labute approximate surface area is 162 Å². The standard InChI is InChI=1S/C20H20ClFN2O3/c1-11-4-5-17(15(22)6-11)24-10-13(8-19(24)25)20(26)23-16-7-12(2)14(21)9-18(16)27-3/h4-7,9,13H,8,10H2,1-3H3,(H,23,26). The van der Waals surface area contributed by atoms with Crippen molar-refractivity contribution in [1.29, 1.82) is 0 Å². The molecule has 0 spiro atoms. The van der Waals surface area contributed by atoms with E-state index in [0.717, 1.165) is 11.1 Å². The van der Waals surface area contributed by atoms with Crippen LogP contribution >= 0.6 is 11.6 Å². The first-order chi connectivity index (χ1) is 12.8. The van der Waals surface area contributed by atoms with E-state index in [4.69, 9.17) is 16.3 Å². The van der Waals surface area contributed by atoms with Gasteiger partial charge >= 0.3 is 0 Å². The molecular formula is C20H20ClFN2O3. The van der Waals surface area contributed by atoms with Crippen molar-refractivity contribution in [3.05, 3.63) is 52.3 Å². The number of benzene rings is 2. The molecule has 27 heavy (non-hydrogen) atoms. The molecule has 1 aliphatic rings. The van der Waals surface area contributed by atoms with Crippen LogP contribution in [0.3, 0.4) is 0 Å². The zero-order chi connectivity index (χ0) is 19.7. The molecule has 0 aliphatic carbocycles. The average Bonchev–Trinajstić information content (AvgIpc) is 2.99. The largest absolute Gasteiger partial charge is 0.495 e. The molecule has 2 aromatic carbocycles. The molecule has 0 saturated carbocycles. The maximum Gasteiger partial charge on any atom is 0.229 e. The molecule has 2 amide bonds. The zero-order valence-electron chi connectivity index (χ0n) is 15.3. The van der Waals surface area contributed by atoms with E-state index in [0.29, 0.717) is 16.5 Å². The number of aryl methyl sites for hydroxylation is 2. The second-order valence-corrected chi connectivity index (χ2v) is 7.06. The Bertz CT molecular complexity index is 916. The van der Waals surface area contributed by atoms with Crippen LogP contribution in [-0.2, 0) is 9.59 Å². The number of nitrogens with zero attached hydrogens (tertiary/aromatic N) is 1. The fourth-order valence-corrected chi connectivity index (χ4v) is 3.27. The molecule has 3 rings (SSSR count). The van der Waals surface area contributed by atoms with E-state index < -0.39 is 11.7 Å². The first kappa shape index (κ1) is 19.2. The summed E-state index contributed by atoms with van der Waals surface area (Å²) in [5.74, 6) is -1.22. The lowest BCUT2D eigenvalue weighted by atomic mass is 10.1. The van der Waals surface area contributed by atoms with Crippen LogP contribution in [0.4, 0.5) is 15.8 Å². The predicted octanol–water partition coefficient (Wildman–Crippen LogP) is 4.10. The van der Waals surface area contributed by atoms with Crippen molar-refractivity contribution in [2.45, 2.75) is 20.3 Å². The lowest BCUT2D eigenvalue weighted by Crippen LogP contribution is -2.28. The third kappa shape index (κ3) is 3.90. The molecule has 1 aliphatic heterocycles. The number of anilines is 2. The number of ether oxygens (including phenoxy) is 1. The van der Waals surface area contributed by atoms with Crippen molar-refractivity contribution in [3.8, 4) is 5.75 Å². The number of carbonyl (C=O) groups is 2. The first-order valence-corrected chi connectivity index (χ1v) is 8.89. The smallest absolute Gasteiger partial charge is 0.229 e. The first-order valence-electron chi connectivity index (χ1n) is 8.51. The second-order valence-electron chi connectivity index (χ2n) is 6.65. The van der Waals surface area contributed by atoms with E-state index in [1.807, 2.05) is 6.92 Å². The number of hydrogen-bond donors (Lipinski definition) is 1. The van der Waals surface area contributed by atoms with Crippen molar-refractivity contribution in [2.24, 2.45) is 5.92 Å². The minimum Gasteiger partial charge on any atom is -0.495 e. The molecule has 0 aromatic heterocycles. The topological polar surface area (TPSA) is 58.6 Å². The van der Waals surface area contributed by atoms with E-state index in [1.54, 1.807) is 31.2 Å². The van der Waals surface area contributed by atoms with E-state index >= 15 is 0 Å². The number of rotatable bonds is 4. The van der Waals surface area contributed by atoms with Crippen molar-refractivity contribution in [3.63, 3.8) is 0 Å². The van der Waals surface area contributed by atoms with Crippen molar-refractivity contribution >= 4 is 34.8 Å². The van der Waals surface area contributed by atoms with Gasteiger partial charge in [0.25, 0.3) is 0 Å². The fourth-order valence-electron chi connectivity index (χ4n) is 3.11. The molecule has 1 atom stereocenters. The Morgan fingerprint density at radius 2 is 2.04 bits per heavy atom. The van der Waals surface area contributed by atoms with E-state index in [1.165, 1.54) is 18.1 Å². The van der Waals surface area contributed by atoms with Crippen LogP contribution in [0.2, 0.25) is 5.02 Å². The van der Waals surface area contributed by atoms with Gasteiger partial charge in [-0.05, 0) is 43.2 Å². The summed E-state index contributed by atoms with van der Waals surface area (Å²) in [5, 5.41) is 3.32. The summed E-state index contributed by atoms with van der Waals surface area (Å²) in [6, 6.07) is 8.01. The van der Waals surface area contributed by atoms with Crippen LogP contribution in [0.1, 0.15) is 17.5 Å².